The predicted octanol–water partition coefficient (Wildman–Crippen LogP) is 2.71. The van der Waals surface area contributed by atoms with Gasteiger partial charge in [-0.1, -0.05) is 19.1 Å². The third-order valence-corrected chi connectivity index (χ3v) is 4.43. The van der Waals surface area contributed by atoms with Crippen LogP contribution in [0.3, 0.4) is 0 Å². The van der Waals surface area contributed by atoms with Gasteiger partial charge in [-0.05, 0) is 55.5 Å². The molecule has 2 rings (SSSR count). The lowest BCUT2D eigenvalue weighted by Crippen LogP contribution is -2.33. The third-order valence-electron chi connectivity index (χ3n) is 4.43. The van der Waals surface area contributed by atoms with Gasteiger partial charge in [0.15, 0.2) is 0 Å². The van der Waals surface area contributed by atoms with Crippen LogP contribution in [-0.2, 0) is 16.1 Å². The van der Waals surface area contributed by atoms with Crippen LogP contribution in [0.1, 0.15) is 38.7 Å². The highest BCUT2D eigenvalue weighted by atomic mass is 35.5. The second-order valence-electron chi connectivity index (χ2n) is 6.43. The van der Waals surface area contributed by atoms with Crippen molar-refractivity contribution in [1.29, 1.82) is 0 Å². The molecule has 134 valence electrons. The monoisotopic (exact) mass is 353 g/mol. The van der Waals surface area contributed by atoms with Gasteiger partial charge in [0.25, 0.3) is 0 Å². The summed E-state index contributed by atoms with van der Waals surface area (Å²) in [6.45, 7) is 6.27. The molecule has 3 N–H and O–H groups in total. The molecule has 0 saturated carbocycles. The molecule has 1 aliphatic heterocycles. The molecular weight excluding hydrogens is 326 g/mol. The number of piperidine rings is 1. The highest BCUT2D eigenvalue weighted by molar-refractivity contribution is 5.88. The summed E-state index contributed by atoms with van der Waals surface area (Å²) in [5, 5.41) is 9.09. The van der Waals surface area contributed by atoms with Crippen LogP contribution in [0.15, 0.2) is 24.3 Å². The number of anilines is 1. The number of rotatable bonds is 6. The first kappa shape index (κ1) is 20.5. The second-order valence-corrected chi connectivity index (χ2v) is 6.43. The maximum Gasteiger partial charge on any atom is 0.221 e. The van der Waals surface area contributed by atoms with Crippen LogP contribution >= 0.6 is 12.4 Å². The maximum atomic E-state index is 12.1. The van der Waals surface area contributed by atoms with Crippen molar-refractivity contribution in [3.8, 4) is 0 Å². The van der Waals surface area contributed by atoms with E-state index in [4.69, 9.17) is 0 Å². The van der Waals surface area contributed by atoms with Gasteiger partial charge in [0.1, 0.15) is 0 Å². The molecule has 5 nitrogen and oxygen atoms in total. The van der Waals surface area contributed by atoms with Crippen LogP contribution in [0.4, 0.5) is 5.69 Å². The first-order chi connectivity index (χ1) is 11.0. The number of halogens is 1. The van der Waals surface area contributed by atoms with Crippen molar-refractivity contribution >= 4 is 29.9 Å². The van der Waals surface area contributed by atoms with Crippen LogP contribution in [-0.4, -0.2) is 24.9 Å². The predicted molar refractivity (Wildman–Crippen MR) is 99.2 cm³/mol. The average Bonchev–Trinajstić information content (AvgIpc) is 2.53. The van der Waals surface area contributed by atoms with Crippen LogP contribution in [0.5, 0.6) is 0 Å². The molecule has 0 aliphatic carbocycles. The lowest BCUT2D eigenvalue weighted by molar-refractivity contribution is -0.122. The summed E-state index contributed by atoms with van der Waals surface area (Å²) in [5.74, 6) is 1.07. The standard InChI is InChI=1S/C18H27N3O2.ClH/c1-13(16-6-8-19-9-7-16)10-18(23)20-12-15-4-3-5-17(11-15)21-14(2)22;/h3-5,11,13,16,19H,6-10,12H2,1-2H3,(H,20,23)(H,21,22);1H. The van der Waals surface area contributed by atoms with Crippen LogP contribution in [0.25, 0.3) is 0 Å². The zero-order valence-electron chi connectivity index (χ0n) is 14.4. The Hall–Kier alpha value is -1.59. The second kappa shape index (κ2) is 10.3. The van der Waals surface area contributed by atoms with E-state index in [1.807, 2.05) is 24.3 Å². The summed E-state index contributed by atoms with van der Waals surface area (Å²) in [6.07, 6.45) is 2.90. The van der Waals surface area contributed by atoms with Crippen LogP contribution in [0, 0.1) is 11.8 Å². The normalized spacial score (nSPS) is 15.9. The Morgan fingerprint density at radius 2 is 2.00 bits per heavy atom. The fourth-order valence-electron chi connectivity index (χ4n) is 3.11. The SMILES string of the molecule is CC(=O)Nc1cccc(CNC(=O)CC(C)C2CCNCC2)c1.Cl. The van der Waals surface area contributed by atoms with Gasteiger partial charge in [-0.25, -0.2) is 0 Å². The van der Waals surface area contributed by atoms with E-state index in [1.54, 1.807) is 0 Å². The van der Waals surface area contributed by atoms with Gasteiger partial charge in [-0.2, -0.15) is 0 Å². The molecule has 0 radical (unpaired) electrons. The van der Waals surface area contributed by atoms with Crippen molar-refractivity contribution in [3.05, 3.63) is 29.8 Å². The number of amides is 2. The Bertz CT molecular complexity index is 545. The average molecular weight is 354 g/mol. The van der Waals surface area contributed by atoms with E-state index in [1.165, 1.54) is 6.92 Å². The Morgan fingerprint density at radius 1 is 1.29 bits per heavy atom. The molecule has 2 amide bonds. The minimum absolute atomic E-state index is 0. The molecule has 0 aromatic heterocycles. The van der Waals surface area contributed by atoms with Crippen molar-refractivity contribution in [2.24, 2.45) is 11.8 Å². The first-order valence-electron chi connectivity index (χ1n) is 8.38. The van der Waals surface area contributed by atoms with Gasteiger partial charge in [-0.15, -0.1) is 12.4 Å². The molecule has 1 fully saturated rings. The smallest absolute Gasteiger partial charge is 0.221 e. The molecule has 1 heterocycles. The third kappa shape index (κ3) is 6.89. The first-order valence-corrected chi connectivity index (χ1v) is 8.38. The highest BCUT2D eigenvalue weighted by Gasteiger charge is 2.21. The number of carbonyl (C=O) groups is 2. The summed E-state index contributed by atoms with van der Waals surface area (Å²) < 4.78 is 0. The minimum atomic E-state index is -0.0954. The summed E-state index contributed by atoms with van der Waals surface area (Å²) in [4.78, 5) is 23.2. The lowest BCUT2D eigenvalue weighted by atomic mass is 9.84. The van der Waals surface area contributed by atoms with Crippen molar-refractivity contribution in [2.75, 3.05) is 18.4 Å². The van der Waals surface area contributed by atoms with Crippen LogP contribution in [0.2, 0.25) is 0 Å². The summed E-state index contributed by atoms with van der Waals surface area (Å²) >= 11 is 0. The van der Waals surface area contributed by atoms with Crippen molar-refractivity contribution in [2.45, 2.75) is 39.7 Å². The summed E-state index contributed by atoms with van der Waals surface area (Å²) in [6, 6.07) is 7.55. The molecule has 1 unspecified atom stereocenters. The van der Waals surface area contributed by atoms with Gasteiger partial charge in [0, 0.05) is 25.6 Å². The Morgan fingerprint density at radius 3 is 2.67 bits per heavy atom. The number of hydrogen-bond donors (Lipinski definition) is 3. The van der Waals surface area contributed by atoms with Crippen molar-refractivity contribution < 1.29 is 9.59 Å². The van der Waals surface area contributed by atoms with Gasteiger partial charge in [0.2, 0.25) is 11.8 Å². The topological polar surface area (TPSA) is 70.2 Å². The van der Waals surface area contributed by atoms with E-state index in [-0.39, 0.29) is 24.2 Å². The fraction of sp³-hybridized carbons (Fsp3) is 0.556. The van der Waals surface area contributed by atoms with E-state index in [2.05, 4.69) is 22.9 Å². The zero-order valence-corrected chi connectivity index (χ0v) is 15.2. The fourth-order valence-corrected chi connectivity index (χ4v) is 3.11. The Labute approximate surface area is 150 Å². The van der Waals surface area contributed by atoms with Gasteiger partial charge >= 0.3 is 0 Å². The zero-order chi connectivity index (χ0) is 16.7. The highest BCUT2D eigenvalue weighted by Crippen LogP contribution is 2.24. The van der Waals surface area contributed by atoms with Crippen LogP contribution < -0.4 is 16.0 Å². The quantitative estimate of drug-likeness (QED) is 0.736. The van der Waals surface area contributed by atoms with Gasteiger partial charge < -0.3 is 16.0 Å². The molecule has 1 saturated heterocycles. The number of benzene rings is 1. The van der Waals surface area contributed by atoms with E-state index < -0.39 is 0 Å². The molecule has 1 atom stereocenters. The largest absolute Gasteiger partial charge is 0.352 e. The molecule has 1 aromatic carbocycles. The molecular formula is C18H28ClN3O2. The van der Waals surface area contributed by atoms with Gasteiger partial charge in [0.05, 0.1) is 0 Å². The molecule has 0 spiro atoms. The van der Waals surface area contributed by atoms with Crippen molar-refractivity contribution in [1.82, 2.24) is 10.6 Å². The van der Waals surface area contributed by atoms with E-state index in [0.717, 1.165) is 37.2 Å². The number of hydrogen-bond acceptors (Lipinski definition) is 3. The molecule has 24 heavy (non-hydrogen) atoms. The Balaban J connectivity index is 0.00000288. The van der Waals surface area contributed by atoms with Crippen molar-refractivity contribution in [3.63, 3.8) is 0 Å². The maximum absolute atomic E-state index is 12.1. The van der Waals surface area contributed by atoms with E-state index in [0.29, 0.717) is 24.8 Å². The van der Waals surface area contributed by atoms with E-state index >= 15 is 0 Å². The number of carbonyl (C=O) groups excluding carboxylic acids is 2. The minimum Gasteiger partial charge on any atom is -0.352 e. The lowest BCUT2D eigenvalue weighted by Gasteiger charge is -2.27. The van der Waals surface area contributed by atoms with E-state index in [9.17, 15) is 9.59 Å². The molecule has 1 aliphatic rings. The summed E-state index contributed by atoms with van der Waals surface area (Å²) in [5.41, 5.74) is 1.74. The van der Waals surface area contributed by atoms with Gasteiger partial charge in [-0.3, -0.25) is 9.59 Å². The molecule has 0 bridgehead atoms. The molecule has 6 heteroatoms. The summed E-state index contributed by atoms with van der Waals surface area (Å²) in [7, 11) is 0. The Kier molecular flexibility index (Phi) is 8.79. The molecule has 1 aromatic rings. The number of nitrogens with one attached hydrogen (secondary N) is 3.